The zero-order chi connectivity index (χ0) is 20.1. The molecule has 0 aliphatic heterocycles. The summed E-state index contributed by atoms with van der Waals surface area (Å²) in [4.78, 5) is 4.50. The molecule has 6 rings (SSSR count). The molecule has 0 amide bonds. The summed E-state index contributed by atoms with van der Waals surface area (Å²) in [6, 6.07) is 34.2. The van der Waals surface area contributed by atoms with Gasteiger partial charge in [0, 0.05) is 22.8 Å². The SMILES string of the molecule is Clc1cc2c(c3ccccc13)-c1ccccc1C2(c1ccccc1)c1cccnc1. The number of aromatic nitrogens is 1. The Hall–Kier alpha value is -3.42. The molecule has 1 unspecified atom stereocenters. The minimum atomic E-state index is -0.463. The minimum absolute atomic E-state index is 0.463. The van der Waals surface area contributed by atoms with Gasteiger partial charge in [-0.3, -0.25) is 4.98 Å². The predicted octanol–water partition coefficient (Wildman–Crippen LogP) is 7.25. The van der Waals surface area contributed by atoms with E-state index in [0.29, 0.717) is 0 Å². The second-order valence-corrected chi connectivity index (χ2v) is 8.14. The zero-order valence-corrected chi connectivity index (χ0v) is 17.0. The monoisotopic (exact) mass is 403 g/mol. The van der Waals surface area contributed by atoms with Crippen molar-refractivity contribution < 1.29 is 0 Å². The number of halogens is 1. The molecular weight excluding hydrogens is 386 g/mol. The lowest BCUT2D eigenvalue weighted by Crippen LogP contribution is -2.28. The van der Waals surface area contributed by atoms with E-state index in [0.717, 1.165) is 16.0 Å². The Morgan fingerprint density at radius 1 is 0.633 bits per heavy atom. The van der Waals surface area contributed by atoms with Crippen molar-refractivity contribution in [1.82, 2.24) is 4.98 Å². The third-order valence-electron chi connectivity index (χ3n) is 6.30. The molecule has 1 aliphatic carbocycles. The summed E-state index contributed by atoms with van der Waals surface area (Å²) < 4.78 is 0. The van der Waals surface area contributed by atoms with Crippen molar-refractivity contribution in [2.75, 3.05) is 0 Å². The fourth-order valence-corrected chi connectivity index (χ4v) is 5.43. The summed E-state index contributed by atoms with van der Waals surface area (Å²) in [5.41, 5.74) is 6.91. The highest BCUT2D eigenvalue weighted by atomic mass is 35.5. The standard InChI is InChI=1S/C28H18ClN/c29-26-17-25-27(22-13-5-4-12-21(22)26)23-14-6-7-15-24(23)28(25,19-9-2-1-3-10-19)20-11-8-16-30-18-20/h1-18H. The van der Waals surface area contributed by atoms with Gasteiger partial charge in [0.25, 0.3) is 0 Å². The van der Waals surface area contributed by atoms with Gasteiger partial charge in [-0.2, -0.15) is 0 Å². The number of hydrogen-bond donors (Lipinski definition) is 0. The number of nitrogens with zero attached hydrogens (tertiary/aromatic N) is 1. The topological polar surface area (TPSA) is 12.9 Å². The van der Waals surface area contributed by atoms with Crippen LogP contribution in [0.5, 0.6) is 0 Å². The fourth-order valence-electron chi connectivity index (χ4n) is 5.15. The van der Waals surface area contributed by atoms with E-state index in [1.165, 1.54) is 33.2 Å². The van der Waals surface area contributed by atoms with Crippen molar-refractivity contribution in [3.63, 3.8) is 0 Å². The van der Waals surface area contributed by atoms with Gasteiger partial charge in [0.05, 0.1) is 5.41 Å². The molecule has 0 saturated heterocycles. The minimum Gasteiger partial charge on any atom is -0.264 e. The highest BCUT2D eigenvalue weighted by molar-refractivity contribution is 6.36. The van der Waals surface area contributed by atoms with Gasteiger partial charge in [0.2, 0.25) is 0 Å². The summed E-state index contributed by atoms with van der Waals surface area (Å²) in [6.07, 6.45) is 3.82. The van der Waals surface area contributed by atoms with Crippen molar-refractivity contribution in [2.45, 2.75) is 5.41 Å². The summed E-state index contributed by atoms with van der Waals surface area (Å²) in [5, 5.41) is 3.05. The van der Waals surface area contributed by atoms with Gasteiger partial charge in [0.1, 0.15) is 0 Å². The first-order valence-corrected chi connectivity index (χ1v) is 10.5. The van der Waals surface area contributed by atoms with Crippen molar-refractivity contribution in [2.24, 2.45) is 0 Å². The largest absolute Gasteiger partial charge is 0.264 e. The summed E-state index contributed by atoms with van der Waals surface area (Å²) in [5.74, 6) is 0. The summed E-state index contributed by atoms with van der Waals surface area (Å²) in [7, 11) is 0. The van der Waals surface area contributed by atoms with Crippen LogP contribution in [-0.4, -0.2) is 4.98 Å². The van der Waals surface area contributed by atoms with Crippen LogP contribution in [0, 0.1) is 0 Å². The molecule has 0 N–H and O–H groups in total. The Morgan fingerprint density at radius 2 is 1.33 bits per heavy atom. The summed E-state index contributed by atoms with van der Waals surface area (Å²) in [6.45, 7) is 0. The van der Waals surface area contributed by atoms with Crippen LogP contribution in [0.25, 0.3) is 21.9 Å². The van der Waals surface area contributed by atoms with Crippen LogP contribution in [-0.2, 0) is 5.41 Å². The van der Waals surface area contributed by atoms with Crippen LogP contribution in [0.3, 0.4) is 0 Å². The van der Waals surface area contributed by atoms with Crippen LogP contribution in [0.15, 0.2) is 109 Å². The molecule has 0 radical (unpaired) electrons. The van der Waals surface area contributed by atoms with Gasteiger partial charge in [-0.15, -0.1) is 0 Å². The predicted molar refractivity (Wildman–Crippen MR) is 124 cm³/mol. The third-order valence-corrected chi connectivity index (χ3v) is 6.61. The second-order valence-electron chi connectivity index (χ2n) is 7.73. The quantitative estimate of drug-likeness (QED) is 0.296. The van der Waals surface area contributed by atoms with Gasteiger partial charge in [0.15, 0.2) is 0 Å². The molecule has 5 aromatic rings. The molecule has 142 valence electrons. The van der Waals surface area contributed by atoms with Crippen LogP contribution < -0.4 is 0 Å². The molecule has 1 nitrogen and oxygen atoms in total. The number of benzene rings is 4. The molecule has 0 fully saturated rings. The normalized spacial score (nSPS) is 17.0. The average molecular weight is 404 g/mol. The molecule has 1 atom stereocenters. The Labute approximate surface area is 180 Å². The van der Waals surface area contributed by atoms with Crippen molar-refractivity contribution in [3.05, 3.63) is 137 Å². The molecule has 2 heteroatoms. The molecule has 4 aromatic carbocycles. The van der Waals surface area contributed by atoms with Gasteiger partial charge in [-0.1, -0.05) is 96.5 Å². The zero-order valence-electron chi connectivity index (χ0n) is 16.2. The Bertz CT molecular complexity index is 1350. The molecule has 0 saturated carbocycles. The maximum Gasteiger partial charge on any atom is 0.0729 e. The van der Waals surface area contributed by atoms with E-state index < -0.39 is 5.41 Å². The molecule has 0 spiro atoms. The number of pyridine rings is 1. The van der Waals surface area contributed by atoms with Gasteiger partial charge >= 0.3 is 0 Å². The Balaban J connectivity index is 1.87. The molecule has 1 heterocycles. The van der Waals surface area contributed by atoms with E-state index in [1.54, 1.807) is 0 Å². The van der Waals surface area contributed by atoms with E-state index in [2.05, 4.69) is 89.9 Å². The number of fused-ring (bicyclic) bond motifs is 5. The van der Waals surface area contributed by atoms with Crippen molar-refractivity contribution >= 4 is 22.4 Å². The van der Waals surface area contributed by atoms with Crippen LogP contribution in [0.4, 0.5) is 0 Å². The van der Waals surface area contributed by atoms with E-state index in [-0.39, 0.29) is 0 Å². The highest BCUT2D eigenvalue weighted by Gasteiger charge is 2.47. The molecule has 0 bridgehead atoms. The van der Waals surface area contributed by atoms with Crippen LogP contribution in [0.1, 0.15) is 22.3 Å². The third kappa shape index (κ3) is 2.21. The lowest BCUT2D eigenvalue weighted by molar-refractivity contribution is 0.763. The molecule has 30 heavy (non-hydrogen) atoms. The van der Waals surface area contributed by atoms with E-state index in [4.69, 9.17) is 11.6 Å². The van der Waals surface area contributed by atoms with Crippen molar-refractivity contribution in [1.29, 1.82) is 0 Å². The molecular formula is C28H18ClN. The molecule has 1 aliphatic rings. The van der Waals surface area contributed by atoms with Crippen LogP contribution in [0.2, 0.25) is 5.02 Å². The fraction of sp³-hybridized carbons (Fsp3) is 0.0357. The van der Waals surface area contributed by atoms with E-state index >= 15 is 0 Å². The van der Waals surface area contributed by atoms with Crippen LogP contribution >= 0.6 is 11.6 Å². The lowest BCUT2D eigenvalue weighted by Gasteiger charge is -2.33. The Kier molecular flexibility index (Phi) is 3.81. The second kappa shape index (κ2) is 6.55. The van der Waals surface area contributed by atoms with E-state index in [9.17, 15) is 0 Å². The molecule has 1 aromatic heterocycles. The van der Waals surface area contributed by atoms with Gasteiger partial charge in [-0.05, 0) is 50.9 Å². The smallest absolute Gasteiger partial charge is 0.0729 e. The maximum atomic E-state index is 6.87. The Morgan fingerprint density at radius 3 is 2.13 bits per heavy atom. The lowest BCUT2D eigenvalue weighted by atomic mass is 9.68. The average Bonchev–Trinajstić information content (AvgIpc) is 3.11. The van der Waals surface area contributed by atoms with Gasteiger partial charge in [-0.25, -0.2) is 0 Å². The number of hydrogen-bond acceptors (Lipinski definition) is 1. The summed E-state index contributed by atoms with van der Waals surface area (Å²) >= 11 is 6.87. The van der Waals surface area contributed by atoms with Gasteiger partial charge < -0.3 is 0 Å². The number of rotatable bonds is 2. The first-order chi connectivity index (χ1) is 14.8. The highest BCUT2D eigenvalue weighted by Crippen LogP contribution is 2.58. The van der Waals surface area contributed by atoms with E-state index in [1.807, 2.05) is 24.5 Å². The maximum absolute atomic E-state index is 6.87. The first-order valence-electron chi connectivity index (χ1n) is 10.1. The first kappa shape index (κ1) is 17.4. The van der Waals surface area contributed by atoms with Crippen molar-refractivity contribution in [3.8, 4) is 11.1 Å².